The highest BCUT2D eigenvalue weighted by atomic mass is 79.9. The first-order chi connectivity index (χ1) is 9.69. The average Bonchev–Trinajstić information content (AvgIpc) is 3.04. The highest BCUT2D eigenvalue weighted by molar-refractivity contribution is 9.10. The van der Waals surface area contributed by atoms with Gasteiger partial charge in [0.05, 0.1) is 12.1 Å². The van der Waals surface area contributed by atoms with Crippen LogP contribution in [0.1, 0.15) is 24.6 Å². The molecule has 0 bridgehead atoms. The summed E-state index contributed by atoms with van der Waals surface area (Å²) in [6.45, 7) is 2.11. The number of hydrogen-bond acceptors (Lipinski definition) is 3. The van der Waals surface area contributed by atoms with Crippen molar-refractivity contribution in [1.29, 1.82) is 0 Å². The lowest BCUT2D eigenvalue weighted by Crippen LogP contribution is -2.11. The van der Waals surface area contributed by atoms with Gasteiger partial charge >= 0.3 is 0 Å². The normalized spacial score (nSPS) is 12.9. The Morgan fingerprint density at radius 1 is 1.50 bits per heavy atom. The number of imidazole rings is 1. The van der Waals surface area contributed by atoms with Gasteiger partial charge in [-0.1, -0.05) is 0 Å². The number of nitrogens with zero attached hydrogens (tertiary/aromatic N) is 3. The Kier molecular flexibility index (Phi) is 3.81. The summed E-state index contributed by atoms with van der Waals surface area (Å²) in [5.41, 5.74) is 1.70. The van der Waals surface area contributed by atoms with E-state index in [2.05, 4.69) is 37.4 Å². The van der Waals surface area contributed by atoms with Crippen LogP contribution in [-0.2, 0) is 12.3 Å². The first-order valence-corrected chi connectivity index (χ1v) is 7.62. The van der Waals surface area contributed by atoms with Crippen molar-refractivity contribution in [2.45, 2.75) is 25.3 Å². The molecule has 1 atom stereocenters. The van der Waals surface area contributed by atoms with Crippen molar-refractivity contribution in [2.75, 3.05) is 0 Å². The van der Waals surface area contributed by atoms with Gasteiger partial charge in [0, 0.05) is 23.1 Å². The van der Waals surface area contributed by atoms with Crippen LogP contribution in [0.25, 0.3) is 11.2 Å². The SMILES string of the molecule is CC(Cc1ccco1)n1c(CCl)nc2cc(Br)cnc21. The number of rotatable bonds is 4. The van der Waals surface area contributed by atoms with Crippen LogP contribution in [0.5, 0.6) is 0 Å². The third kappa shape index (κ3) is 2.47. The molecule has 4 nitrogen and oxygen atoms in total. The first kappa shape index (κ1) is 13.6. The maximum absolute atomic E-state index is 6.02. The number of aromatic nitrogens is 3. The molecule has 0 spiro atoms. The molecule has 3 aromatic heterocycles. The maximum atomic E-state index is 6.02. The van der Waals surface area contributed by atoms with Gasteiger partial charge in [0.2, 0.25) is 0 Å². The van der Waals surface area contributed by atoms with Gasteiger partial charge in [-0.3, -0.25) is 0 Å². The van der Waals surface area contributed by atoms with E-state index in [1.54, 1.807) is 12.5 Å². The van der Waals surface area contributed by atoms with Gasteiger partial charge in [-0.15, -0.1) is 11.6 Å². The predicted octanol–water partition coefficient (Wildman–Crippen LogP) is 4.33. The number of pyridine rings is 1. The summed E-state index contributed by atoms with van der Waals surface area (Å²) < 4.78 is 8.40. The third-order valence-corrected chi connectivity index (χ3v) is 3.88. The summed E-state index contributed by atoms with van der Waals surface area (Å²) in [6, 6.07) is 5.99. The zero-order valence-corrected chi connectivity index (χ0v) is 13.2. The Hall–Kier alpha value is -1.33. The molecule has 104 valence electrons. The zero-order valence-electron chi connectivity index (χ0n) is 10.9. The highest BCUT2D eigenvalue weighted by Gasteiger charge is 2.17. The van der Waals surface area contributed by atoms with Crippen molar-refractivity contribution >= 4 is 38.7 Å². The summed E-state index contributed by atoms with van der Waals surface area (Å²) in [5.74, 6) is 2.12. The Morgan fingerprint density at radius 2 is 2.35 bits per heavy atom. The van der Waals surface area contributed by atoms with Crippen LogP contribution < -0.4 is 0 Å². The van der Waals surface area contributed by atoms with Crippen molar-refractivity contribution in [1.82, 2.24) is 14.5 Å². The molecule has 6 heteroatoms. The van der Waals surface area contributed by atoms with Gasteiger partial charge in [0.15, 0.2) is 5.65 Å². The molecule has 0 aromatic carbocycles. The Bertz CT molecular complexity index is 723. The van der Waals surface area contributed by atoms with Crippen LogP contribution in [-0.4, -0.2) is 14.5 Å². The van der Waals surface area contributed by atoms with Crippen LogP contribution in [0.3, 0.4) is 0 Å². The lowest BCUT2D eigenvalue weighted by atomic mass is 10.2. The summed E-state index contributed by atoms with van der Waals surface area (Å²) in [4.78, 5) is 9.01. The van der Waals surface area contributed by atoms with E-state index < -0.39 is 0 Å². The molecule has 0 radical (unpaired) electrons. The van der Waals surface area contributed by atoms with E-state index in [0.717, 1.165) is 33.6 Å². The molecule has 0 aliphatic rings. The van der Waals surface area contributed by atoms with Crippen molar-refractivity contribution in [3.05, 3.63) is 46.7 Å². The van der Waals surface area contributed by atoms with Crippen LogP contribution in [0.4, 0.5) is 0 Å². The minimum atomic E-state index is 0.175. The molecule has 0 amide bonds. The van der Waals surface area contributed by atoms with E-state index in [-0.39, 0.29) is 6.04 Å². The van der Waals surface area contributed by atoms with Crippen LogP contribution in [0.15, 0.2) is 39.5 Å². The Morgan fingerprint density at radius 3 is 3.05 bits per heavy atom. The molecule has 0 aliphatic carbocycles. The molecule has 0 fully saturated rings. The van der Waals surface area contributed by atoms with E-state index in [0.29, 0.717) is 5.88 Å². The van der Waals surface area contributed by atoms with E-state index in [1.807, 2.05) is 18.2 Å². The number of hydrogen-bond donors (Lipinski definition) is 0. The molecule has 3 aromatic rings. The number of halogens is 2. The fourth-order valence-electron chi connectivity index (χ4n) is 2.37. The predicted molar refractivity (Wildman–Crippen MR) is 81.9 cm³/mol. The molecule has 0 saturated carbocycles. The molecule has 1 unspecified atom stereocenters. The van der Waals surface area contributed by atoms with Crippen LogP contribution in [0, 0.1) is 0 Å². The molecule has 0 aliphatic heterocycles. The minimum Gasteiger partial charge on any atom is -0.469 e. The van der Waals surface area contributed by atoms with Crippen molar-refractivity contribution in [2.24, 2.45) is 0 Å². The molecular weight excluding hydrogens is 342 g/mol. The highest BCUT2D eigenvalue weighted by Crippen LogP contribution is 2.25. The molecule has 20 heavy (non-hydrogen) atoms. The van der Waals surface area contributed by atoms with Gasteiger partial charge < -0.3 is 8.98 Å². The van der Waals surface area contributed by atoms with Crippen molar-refractivity contribution < 1.29 is 4.42 Å². The molecule has 0 N–H and O–H groups in total. The second-order valence-electron chi connectivity index (χ2n) is 4.66. The average molecular weight is 355 g/mol. The standard InChI is InChI=1S/C14H13BrClN3O/c1-9(5-11-3-2-4-20-11)19-13(7-16)18-12-6-10(15)8-17-14(12)19/h2-4,6,8-9H,5,7H2,1H3. The molecule has 3 rings (SSSR count). The summed E-state index contributed by atoms with van der Waals surface area (Å²) >= 11 is 9.44. The largest absolute Gasteiger partial charge is 0.469 e. The summed E-state index contributed by atoms with van der Waals surface area (Å²) in [6.07, 6.45) is 4.24. The van der Waals surface area contributed by atoms with Gasteiger partial charge in [0.1, 0.15) is 17.1 Å². The van der Waals surface area contributed by atoms with Crippen molar-refractivity contribution in [3.8, 4) is 0 Å². The lowest BCUT2D eigenvalue weighted by Gasteiger charge is -2.15. The van der Waals surface area contributed by atoms with E-state index in [4.69, 9.17) is 16.0 Å². The topological polar surface area (TPSA) is 43.9 Å². The third-order valence-electron chi connectivity index (χ3n) is 3.21. The lowest BCUT2D eigenvalue weighted by molar-refractivity contribution is 0.448. The summed E-state index contributed by atoms with van der Waals surface area (Å²) in [5, 5.41) is 0. The smallest absolute Gasteiger partial charge is 0.160 e. The van der Waals surface area contributed by atoms with Crippen molar-refractivity contribution in [3.63, 3.8) is 0 Å². The van der Waals surface area contributed by atoms with E-state index in [9.17, 15) is 0 Å². The van der Waals surface area contributed by atoms with Gasteiger partial charge in [-0.05, 0) is 41.1 Å². The fourth-order valence-corrected chi connectivity index (χ4v) is 2.88. The van der Waals surface area contributed by atoms with E-state index >= 15 is 0 Å². The van der Waals surface area contributed by atoms with E-state index in [1.165, 1.54) is 0 Å². The maximum Gasteiger partial charge on any atom is 0.160 e. The van der Waals surface area contributed by atoms with Crippen LogP contribution in [0.2, 0.25) is 0 Å². The first-order valence-electron chi connectivity index (χ1n) is 6.29. The Labute approximate surface area is 129 Å². The summed E-state index contributed by atoms with van der Waals surface area (Å²) in [7, 11) is 0. The molecular formula is C14H13BrClN3O. The quantitative estimate of drug-likeness (QED) is 0.655. The van der Waals surface area contributed by atoms with Crippen LogP contribution >= 0.6 is 27.5 Å². The molecule has 0 saturated heterocycles. The molecule has 3 heterocycles. The van der Waals surface area contributed by atoms with Gasteiger partial charge in [-0.25, -0.2) is 9.97 Å². The second-order valence-corrected chi connectivity index (χ2v) is 5.84. The van der Waals surface area contributed by atoms with Gasteiger partial charge in [-0.2, -0.15) is 0 Å². The second kappa shape index (κ2) is 5.58. The number of furan rings is 1. The fraction of sp³-hybridized carbons (Fsp3) is 0.286. The van der Waals surface area contributed by atoms with Gasteiger partial charge in [0.25, 0.3) is 0 Å². The number of alkyl halides is 1. The monoisotopic (exact) mass is 353 g/mol. The minimum absolute atomic E-state index is 0.175. The zero-order chi connectivity index (χ0) is 14.1. The number of fused-ring (bicyclic) bond motifs is 1. The Balaban J connectivity index is 2.04.